The molecule has 0 saturated carbocycles. The third-order valence-corrected chi connectivity index (χ3v) is 6.47. The zero-order chi connectivity index (χ0) is 27.8. The fourth-order valence-electron chi connectivity index (χ4n) is 4.35. The first-order valence-corrected chi connectivity index (χ1v) is 13.1. The summed E-state index contributed by atoms with van der Waals surface area (Å²) in [6.45, 7) is 13.7. The van der Waals surface area contributed by atoms with E-state index in [2.05, 4.69) is 20.3 Å². The standard InChI is InChI=1S/C21H26N6O2.C6H5F.C2H6/c1-5-26-15(4)13(2)10-17(21(26)29)20(28)23-16-8-9-25(12-16)19-7-6-18-22-11-14(3)27(18)24-19;7-6-4-2-1-3-5-6;1-2/h6-7,10-11,16H,5,8-9,12H2,1-4H3,(H,23,28);1-5H;1-2H3/t16-;;/m0../s1. The molecular formula is C29H37FN6O2. The number of fused-ring (bicyclic) bond motifs is 1. The Bertz CT molecular complexity index is 1430. The summed E-state index contributed by atoms with van der Waals surface area (Å²) in [6.07, 6.45) is 2.60. The molecule has 0 aliphatic carbocycles. The van der Waals surface area contributed by atoms with Gasteiger partial charge < -0.3 is 14.8 Å². The molecule has 1 aromatic carbocycles. The van der Waals surface area contributed by atoms with Crippen molar-refractivity contribution < 1.29 is 9.18 Å². The highest BCUT2D eigenvalue weighted by atomic mass is 19.1. The fourth-order valence-corrected chi connectivity index (χ4v) is 4.35. The first-order chi connectivity index (χ1) is 18.3. The van der Waals surface area contributed by atoms with Gasteiger partial charge in [-0.05, 0) is 70.0 Å². The highest BCUT2D eigenvalue weighted by Gasteiger charge is 2.27. The molecule has 1 atom stereocenters. The summed E-state index contributed by atoms with van der Waals surface area (Å²) < 4.78 is 15.4. The van der Waals surface area contributed by atoms with Crippen LogP contribution in [0, 0.1) is 26.6 Å². The van der Waals surface area contributed by atoms with Crippen molar-refractivity contribution >= 4 is 17.4 Å². The minimum absolute atomic E-state index is 0.0278. The lowest BCUT2D eigenvalue weighted by Crippen LogP contribution is -2.41. The Kier molecular flexibility index (Phi) is 9.76. The van der Waals surface area contributed by atoms with Crippen molar-refractivity contribution in [1.82, 2.24) is 24.5 Å². The maximum atomic E-state index is 12.8. The number of hydrogen-bond acceptors (Lipinski definition) is 5. The Balaban J connectivity index is 0.000000381. The maximum Gasteiger partial charge on any atom is 0.263 e. The first kappa shape index (κ1) is 28.6. The third kappa shape index (κ3) is 6.45. The second kappa shape index (κ2) is 13.0. The second-order valence-corrected chi connectivity index (χ2v) is 8.94. The van der Waals surface area contributed by atoms with Gasteiger partial charge in [0.25, 0.3) is 11.5 Å². The van der Waals surface area contributed by atoms with Gasteiger partial charge in [0.1, 0.15) is 17.2 Å². The summed E-state index contributed by atoms with van der Waals surface area (Å²) in [5, 5.41) is 7.70. The molecule has 3 aromatic heterocycles. The van der Waals surface area contributed by atoms with Gasteiger partial charge in [0.05, 0.1) is 11.9 Å². The van der Waals surface area contributed by atoms with Crippen LogP contribution in [-0.4, -0.2) is 44.2 Å². The number of aryl methyl sites for hydroxylation is 2. The van der Waals surface area contributed by atoms with E-state index in [1.807, 2.05) is 58.2 Å². The number of hydrogen-bond donors (Lipinski definition) is 1. The van der Waals surface area contributed by atoms with Gasteiger partial charge in [-0.15, -0.1) is 5.10 Å². The summed E-state index contributed by atoms with van der Waals surface area (Å²) in [4.78, 5) is 31.9. The van der Waals surface area contributed by atoms with E-state index in [4.69, 9.17) is 0 Å². The molecule has 0 spiro atoms. The molecule has 0 radical (unpaired) electrons. The summed E-state index contributed by atoms with van der Waals surface area (Å²) in [5.41, 5.74) is 3.62. The number of pyridine rings is 1. The van der Waals surface area contributed by atoms with Crippen molar-refractivity contribution in [3.63, 3.8) is 0 Å². The molecular weight excluding hydrogens is 483 g/mol. The Labute approximate surface area is 223 Å². The number of halogens is 1. The number of amides is 1. The topological polar surface area (TPSA) is 84.5 Å². The molecule has 1 aliphatic rings. The number of nitrogens with one attached hydrogen (secondary N) is 1. The zero-order valence-corrected chi connectivity index (χ0v) is 23.0. The van der Waals surface area contributed by atoms with Crippen LogP contribution < -0.4 is 15.8 Å². The second-order valence-electron chi connectivity index (χ2n) is 8.94. The summed E-state index contributed by atoms with van der Waals surface area (Å²) in [5.74, 6) is 0.374. The number of nitrogens with zero attached hydrogens (tertiary/aromatic N) is 5. The molecule has 1 fully saturated rings. The lowest BCUT2D eigenvalue weighted by atomic mass is 10.1. The first-order valence-electron chi connectivity index (χ1n) is 13.1. The lowest BCUT2D eigenvalue weighted by molar-refractivity contribution is 0.0938. The molecule has 1 N–H and O–H groups in total. The van der Waals surface area contributed by atoms with Gasteiger partial charge in [-0.1, -0.05) is 32.0 Å². The zero-order valence-electron chi connectivity index (χ0n) is 23.0. The molecule has 9 heteroatoms. The Morgan fingerprint density at radius 1 is 1.11 bits per heavy atom. The summed E-state index contributed by atoms with van der Waals surface area (Å²) >= 11 is 0. The normalized spacial score (nSPS) is 14.4. The Morgan fingerprint density at radius 2 is 1.82 bits per heavy atom. The number of anilines is 1. The highest BCUT2D eigenvalue weighted by Crippen LogP contribution is 2.19. The van der Waals surface area contributed by atoms with Crippen LogP contribution in [0.5, 0.6) is 0 Å². The molecule has 202 valence electrons. The molecule has 4 heterocycles. The minimum Gasteiger partial charge on any atom is -0.353 e. The average molecular weight is 521 g/mol. The fraction of sp³-hybridized carbons (Fsp3) is 0.379. The number of carbonyl (C=O) groups excluding carboxylic acids is 1. The van der Waals surface area contributed by atoms with Crippen LogP contribution >= 0.6 is 0 Å². The van der Waals surface area contributed by atoms with Crippen LogP contribution in [-0.2, 0) is 6.54 Å². The summed E-state index contributed by atoms with van der Waals surface area (Å²) in [6, 6.07) is 13.5. The van der Waals surface area contributed by atoms with Crippen LogP contribution in [0.25, 0.3) is 5.65 Å². The van der Waals surface area contributed by atoms with Crippen LogP contribution in [0.15, 0.2) is 59.5 Å². The van der Waals surface area contributed by atoms with E-state index in [0.29, 0.717) is 13.1 Å². The molecule has 4 aromatic rings. The van der Waals surface area contributed by atoms with Gasteiger partial charge in [-0.3, -0.25) is 9.59 Å². The minimum atomic E-state index is -0.305. The van der Waals surface area contributed by atoms with Gasteiger partial charge in [0, 0.05) is 31.4 Å². The monoisotopic (exact) mass is 520 g/mol. The van der Waals surface area contributed by atoms with Gasteiger partial charge >= 0.3 is 0 Å². The SMILES string of the molecule is CC.CCn1c(C)c(C)cc(C(=O)N[C@H]2CCN(c3ccc4ncc(C)n4n3)C2)c1=O.Fc1ccccc1. The average Bonchev–Trinajstić information content (AvgIpc) is 3.55. The van der Waals surface area contributed by atoms with Gasteiger partial charge in [-0.2, -0.15) is 0 Å². The van der Waals surface area contributed by atoms with Crippen molar-refractivity contribution in [2.45, 2.75) is 60.5 Å². The molecule has 0 unspecified atom stereocenters. The largest absolute Gasteiger partial charge is 0.353 e. The predicted octanol–water partition coefficient (Wildman–Crippen LogP) is 4.70. The van der Waals surface area contributed by atoms with Crippen LogP contribution in [0.4, 0.5) is 10.2 Å². The quantitative estimate of drug-likeness (QED) is 0.422. The third-order valence-electron chi connectivity index (χ3n) is 6.47. The van der Waals surface area contributed by atoms with Crippen molar-refractivity contribution in [2.24, 2.45) is 0 Å². The van der Waals surface area contributed by atoms with Gasteiger partial charge in [0.15, 0.2) is 5.65 Å². The predicted molar refractivity (Wildman–Crippen MR) is 149 cm³/mol. The van der Waals surface area contributed by atoms with Crippen molar-refractivity contribution in [1.29, 1.82) is 0 Å². The smallest absolute Gasteiger partial charge is 0.263 e. The van der Waals surface area contributed by atoms with E-state index in [1.165, 1.54) is 12.1 Å². The van der Waals surface area contributed by atoms with E-state index >= 15 is 0 Å². The molecule has 0 bridgehead atoms. The molecule has 1 amide bonds. The van der Waals surface area contributed by atoms with Crippen molar-refractivity contribution in [3.8, 4) is 0 Å². The number of carbonyl (C=O) groups is 1. The molecule has 1 saturated heterocycles. The van der Waals surface area contributed by atoms with Crippen LogP contribution in [0.3, 0.4) is 0 Å². The van der Waals surface area contributed by atoms with Crippen LogP contribution in [0.1, 0.15) is 54.5 Å². The van der Waals surface area contributed by atoms with E-state index in [1.54, 1.807) is 35.0 Å². The Morgan fingerprint density at radius 3 is 2.45 bits per heavy atom. The Hall–Kier alpha value is -4.01. The highest BCUT2D eigenvalue weighted by molar-refractivity contribution is 5.94. The van der Waals surface area contributed by atoms with Crippen molar-refractivity contribution in [2.75, 3.05) is 18.0 Å². The number of imidazole rings is 1. The van der Waals surface area contributed by atoms with E-state index in [9.17, 15) is 14.0 Å². The van der Waals surface area contributed by atoms with E-state index < -0.39 is 0 Å². The number of aromatic nitrogens is 4. The van der Waals surface area contributed by atoms with E-state index in [-0.39, 0.29) is 28.9 Å². The lowest BCUT2D eigenvalue weighted by Gasteiger charge is -2.18. The summed E-state index contributed by atoms with van der Waals surface area (Å²) in [7, 11) is 0. The van der Waals surface area contributed by atoms with Crippen LogP contribution in [0.2, 0.25) is 0 Å². The maximum absolute atomic E-state index is 12.8. The molecule has 5 rings (SSSR count). The molecule has 1 aliphatic heterocycles. The van der Waals surface area contributed by atoms with Crippen molar-refractivity contribution in [3.05, 3.63) is 93.4 Å². The van der Waals surface area contributed by atoms with Gasteiger partial charge in [-0.25, -0.2) is 13.9 Å². The molecule has 8 nitrogen and oxygen atoms in total. The molecule has 38 heavy (non-hydrogen) atoms. The number of benzene rings is 1. The number of rotatable bonds is 4. The van der Waals surface area contributed by atoms with E-state index in [0.717, 1.165) is 41.4 Å². The van der Waals surface area contributed by atoms with Gasteiger partial charge in [0.2, 0.25) is 0 Å².